The lowest BCUT2D eigenvalue weighted by Gasteiger charge is -2.20. The fraction of sp³-hybridized carbons (Fsp3) is 0.762. The summed E-state index contributed by atoms with van der Waals surface area (Å²) in [5.74, 6) is 0.167. The van der Waals surface area contributed by atoms with Crippen LogP contribution in [0.5, 0.6) is 0 Å². The fourth-order valence-electron chi connectivity index (χ4n) is 3.12. The lowest BCUT2D eigenvalue weighted by molar-refractivity contribution is 0.0937. The molecule has 4 nitrogen and oxygen atoms in total. The number of aliphatic hydroxyl groups excluding tert-OH is 2. The van der Waals surface area contributed by atoms with Crippen LogP contribution in [0, 0.1) is 0 Å². The van der Waals surface area contributed by atoms with Crippen LogP contribution in [0.15, 0.2) is 12.1 Å². The molecule has 2 atom stereocenters. The Morgan fingerprint density at radius 3 is 2.23 bits per heavy atom. The SMILES string of the molecule is CCCCCCCCCCCC(=O)c1ccc(C(O)C(CO)NCC)s1. The van der Waals surface area contributed by atoms with Gasteiger partial charge >= 0.3 is 0 Å². The second-order valence-electron chi connectivity index (χ2n) is 7.00. The van der Waals surface area contributed by atoms with E-state index in [0.29, 0.717) is 17.8 Å². The summed E-state index contributed by atoms with van der Waals surface area (Å²) in [5, 5.41) is 22.8. The lowest BCUT2D eigenvalue weighted by atomic mass is 10.1. The number of hydrogen-bond donors (Lipinski definition) is 3. The summed E-state index contributed by atoms with van der Waals surface area (Å²) in [7, 11) is 0. The lowest BCUT2D eigenvalue weighted by Crippen LogP contribution is -2.37. The zero-order valence-corrected chi connectivity index (χ0v) is 17.3. The number of thiophene rings is 1. The van der Waals surface area contributed by atoms with E-state index >= 15 is 0 Å². The summed E-state index contributed by atoms with van der Waals surface area (Å²) >= 11 is 1.35. The normalized spacial score (nSPS) is 13.7. The summed E-state index contributed by atoms with van der Waals surface area (Å²) < 4.78 is 0. The van der Waals surface area contributed by atoms with Gasteiger partial charge in [-0.2, -0.15) is 0 Å². The third kappa shape index (κ3) is 8.76. The van der Waals surface area contributed by atoms with Crippen molar-refractivity contribution in [3.05, 3.63) is 21.9 Å². The predicted octanol–water partition coefficient (Wildman–Crippen LogP) is 4.86. The quantitative estimate of drug-likeness (QED) is 0.282. The van der Waals surface area contributed by atoms with Gasteiger partial charge in [0.05, 0.1) is 17.5 Å². The van der Waals surface area contributed by atoms with Gasteiger partial charge in [0.25, 0.3) is 0 Å². The topological polar surface area (TPSA) is 69.6 Å². The van der Waals surface area contributed by atoms with Crippen molar-refractivity contribution < 1.29 is 15.0 Å². The number of hydrogen-bond acceptors (Lipinski definition) is 5. The van der Waals surface area contributed by atoms with E-state index in [2.05, 4.69) is 12.2 Å². The monoisotopic (exact) mass is 383 g/mol. The third-order valence-electron chi connectivity index (χ3n) is 4.74. The van der Waals surface area contributed by atoms with Crippen LogP contribution in [0.25, 0.3) is 0 Å². The second-order valence-corrected chi connectivity index (χ2v) is 8.11. The molecule has 0 aliphatic rings. The summed E-state index contributed by atoms with van der Waals surface area (Å²) in [5.41, 5.74) is 0. The molecule has 0 aliphatic carbocycles. The average Bonchev–Trinajstić information content (AvgIpc) is 3.14. The molecular formula is C21H37NO3S. The van der Waals surface area contributed by atoms with Crippen molar-refractivity contribution in [2.45, 2.75) is 90.2 Å². The molecule has 1 rings (SSSR count). The Kier molecular flexibility index (Phi) is 12.8. The van der Waals surface area contributed by atoms with Crippen LogP contribution in [0.2, 0.25) is 0 Å². The second kappa shape index (κ2) is 14.3. The van der Waals surface area contributed by atoms with Gasteiger partial charge in [0.2, 0.25) is 0 Å². The minimum atomic E-state index is -0.779. The molecule has 0 saturated carbocycles. The fourth-order valence-corrected chi connectivity index (χ4v) is 4.14. The zero-order valence-electron chi connectivity index (χ0n) is 16.5. The maximum atomic E-state index is 12.3. The molecule has 1 heterocycles. The van der Waals surface area contributed by atoms with Crippen molar-refractivity contribution >= 4 is 17.1 Å². The molecule has 0 bridgehead atoms. The maximum Gasteiger partial charge on any atom is 0.172 e. The van der Waals surface area contributed by atoms with E-state index in [1.165, 1.54) is 56.3 Å². The summed E-state index contributed by atoms with van der Waals surface area (Å²) in [6, 6.07) is 3.22. The Hall–Kier alpha value is -0.750. The summed E-state index contributed by atoms with van der Waals surface area (Å²) in [6.07, 6.45) is 11.0. The number of carbonyl (C=O) groups is 1. The number of aliphatic hydroxyl groups is 2. The van der Waals surface area contributed by atoms with Gasteiger partial charge in [-0.05, 0) is 25.1 Å². The highest BCUT2D eigenvalue weighted by atomic mass is 32.1. The molecule has 0 spiro atoms. The van der Waals surface area contributed by atoms with Crippen LogP contribution in [0.4, 0.5) is 0 Å². The molecule has 0 aromatic carbocycles. The molecule has 26 heavy (non-hydrogen) atoms. The molecule has 0 fully saturated rings. The first-order valence-corrected chi connectivity index (χ1v) is 11.1. The number of ketones is 1. The first kappa shape index (κ1) is 23.3. The van der Waals surface area contributed by atoms with Gasteiger partial charge < -0.3 is 15.5 Å². The molecule has 1 aromatic rings. The van der Waals surface area contributed by atoms with E-state index < -0.39 is 6.10 Å². The van der Waals surface area contributed by atoms with E-state index in [4.69, 9.17) is 0 Å². The van der Waals surface area contributed by atoms with Crippen molar-refractivity contribution in [1.82, 2.24) is 5.32 Å². The number of Topliss-reactive ketones (excluding diaryl/α,β-unsaturated/α-hetero) is 1. The molecule has 150 valence electrons. The highest BCUT2D eigenvalue weighted by molar-refractivity contribution is 7.14. The zero-order chi connectivity index (χ0) is 19.2. The molecule has 0 aliphatic heterocycles. The number of likely N-dealkylation sites (N-methyl/N-ethyl adjacent to an activating group) is 1. The highest BCUT2D eigenvalue weighted by Gasteiger charge is 2.22. The Bertz CT molecular complexity index is 489. The van der Waals surface area contributed by atoms with Gasteiger partial charge in [-0.25, -0.2) is 0 Å². The van der Waals surface area contributed by atoms with Gasteiger partial charge in [0.1, 0.15) is 6.10 Å². The van der Waals surface area contributed by atoms with Gasteiger partial charge in [-0.1, -0.05) is 65.2 Å². The first-order valence-electron chi connectivity index (χ1n) is 10.3. The third-order valence-corrected chi connectivity index (χ3v) is 5.94. The molecule has 3 N–H and O–H groups in total. The number of nitrogens with one attached hydrogen (secondary N) is 1. The Balaban J connectivity index is 2.26. The summed E-state index contributed by atoms with van der Waals surface area (Å²) in [6.45, 7) is 4.72. The Labute approximate surface area is 163 Å². The van der Waals surface area contributed by atoms with Crippen molar-refractivity contribution in [3.63, 3.8) is 0 Å². The van der Waals surface area contributed by atoms with E-state index in [9.17, 15) is 15.0 Å². The average molecular weight is 384 g/mol. The van der Waals surface area contributed by atoms with Crippen LogP contribution in [-0.2, 0) is 0 Å². The molecule has 0 amide bonds. The van der Waals surface area contributed by atoms with Gasteiger partial charge in [-0.3, -0.25) is 4.79 Å². The maximum absolute atomic E-state index is 12.3. The minimum Gasteiger partial charge on any atom is -0.395 e. The van der Waals surface area contributed by atoms with Crippen LogP contribution < -0.4 is 5.32 Å². The molecule has 2 unspecified atom stereocenters. The Morgan fingerprint density at radius 1 is 1.04 bits per heavy atom. The van der Waals surface area contributed by atoms with Gasteiger partial charge in [0, 0.05) is 11.3 Å². The number of carbonyl (C=O) groups excluding carboxylic acids is 1. The standard InChI is InChI=1S/C21H37NO3S/c1-3-5-6-7-8-9-10-11-12-13-18(24)19-14-15-20(26-19)21(25)17(16-23)22-4-2/h14-15,17,21-23,25H,3-13,16H2,1-2H3. The number of unbranched alkanes of at least 4 members (excludes halogenated alkanes) is 8. The summed E-state index contributed by atoms with van der Waals surface area (Å²) in [4.78, 5) is 13.8. The van der Waals surface area contributed by atoms with E-state index in [1.54, 1.807) is 12.1 Å². The molecule has 0 saturated heterocycles. The van der Waals surface area contributed by atoms with Crippen LogP contribution in [-0.4, -0.2) is 35.2 Å². The minimum absolute atomic E-state index is 0.130. The molecule has 0 radical (unpaired) electrons. The van der Waals surface area contributed by atoms with Crippen molar-refractivity contribution in [2.75, 3.05) is 13.2 Å². The molecule has 1 aromatic heterocycles. The first-order chi connectivity index (χ1) is 12.6. The smallest absolute Gasteiger partial charge is 0.172 e. The van der Waals surface area contributed by atoms with Crippen molar-refractivity contribution in [1.29, 1.82) is 0 Å². The van der Waals surface area contributed by atoms with E-state index in [0.717, 1.165) is 17.7 Å². The van der Waals surface area contributed by atoms with Crippen molar-refractivity contribution in [3.8, 4) is 0 Å². The van der Waals surface area contributed by atoms with E-state index in [1.807, 2.05) is 6.92 Å². The molecule has 5 heteroatoms. The van der Waals surface area contributed by atoms with Crippen LogP contribution in [0.3, 0.4) is 0 Å². The predicted molar refractivity (Wildman–Crippen MR) is 110 cm³/mol. The van der Waals surface area contributed by atoms with Crippen LogP contribution >= 0.6 is 11.3 Å². The van der Waals surface area contributed by atoms with Gasteiger partial charge in [0.15, 0.2) is 5.78 Å². The van der Waals surface area contributed by atoms with Crippen molar-refractivity contribution in [2.24, 2.45) is 0 Å². The largest absolute Gasteiger partial charge is 0.395 e. The Morgan fingerprint density at radius 2 is 1.65 bits per heavy atom. The molecular weight excluding hydrogens is 346 g/mol. The number of rotatable bonds is 16. The van der Waals surface area contributed by atoms with Crippen LogP contribution in [0.1, 0.15) is 98.7 Å². The highest BCUT2D eigenvalue weighted by Crippen LogP contribution is 2.27. The van der Waals surface area contributed by atoms with Gasteiger partial charge in [-0.15, -0.1) is 11.3 Å². The van der Waals surface area contributed by atoms with E-state index in [-0.39, 0.29) is 18.4 Å².